The van der Waals surface area contributed by atoms with Gasteiger partial charge in [0.1, 0.15) is 0 Å². The summed E-state index contributed by atoms with van der Waals surface area (Å²) in [6.45, 7) is 4.76. The van der Waals surface area contributed by atoms with Crippen molar-refractivity contribution in [1.82, 2.24) is 4.98 Å². The molecule has 0 N–H and O–H groups in total. The van der Waals surface area contributed by atoms with Crippen LogP contribution in [0.1, 0.15) is 28.9 Å². The van der Waals surface area contributed by atoms with Crippen molar-refractivity contribution in [3.63, 3.8) is 0 Å². The van der Waals surface area contributed by atoms with Gasteiger partial charge in [-0.2, -0.15) is 0 Å². The Morgan fingerprint density at radius 3 is 2.45 bits per heavy atom. The molecular weight excluding hydrogens is 304 g/mol. The van der Waals surface area contributed by atoms with E-state index in [1.54, 1.807) is 32.0 Å². The number of benzene rings is 1. The van der Waals surface area contributed by atoms with Gasteiger partial charge in [-0.25, -0.2) is 13.4 Å². The van der Waals surface area contributed by atoms with Crippen LogP contribution in [0.15, 0.2) is 41.6 Å². The van der Waals surface area contributed by atoms with Gasteiger partial charge in [-0.05, 0) is 38.0 Å². The Bertz CT molecular complexity index is 831. The Morgan fingerprint density at radius 1 is 1.18 bits per heavy atom. The fourth-order valence-corrected chi connectivity index (χ4v) is 4.03. The normalized spacial score (nSPS) is 12.9. The SMILES string of the molecule is Cc1cccnc1S(=O)(=O)C(C)c1cccc([N+](=O)[O-])c1C. The Balaban J connectivity index is 2.57. The van der Waals surface area contributed by atoms with Gasteiger partial charge in [-0.3, -0.25) is 10.1 Å². The topological polar surface area (TPSA) is 90.2 Å². The van der Waals surface area contributed by atoms with Crippen molar-refractivity contribution in [3.8, 4) is 0 Å². The molecule has 0 fully saturated rings. The lowest BCUT2D eigenvalue weighted by molar-refractivity contribution is -0.385. The van der Waals surface area contributed by atoms with Crippen LogP contribution in [0.2, 0.25) is 0 Å². The highest BCUT2D eigenvalue weighted by molar-refractivity contribution is 7.91. The van der Waals surface area contributed by atoms with Crippen molar-refractivity contribution < 1.29 is 13.3 Å². The summed E-state index contributed by atoms with van der Waals surface area (Å²) < 4.78 is 25.5. The van der Waals surface area contributed by atoms with Crippen LogP contribution in [0.5, 0.6) is 0 Å². The minimum Gasteiger partial charge on any atom is -0.258 e. The van der Waals surface area contributed by atoms with Gasteiger partial charge in [0.15, 0.2) is 5.03 Å². The predicted molar refractivity (Wildman–Crippen MR) is 82.4 cm³/mol. The highest BCUT2D eigenvalue weighted by Gasteiger charge is 2.30. The number of aryl methyl sites for hydroxylation is 1. The van der Waals surface area contributed by atoms with E-state index in [1.165, 1.54) is 25.3 Å². The lowest BCUT2D eigenvalue weighted by Crippen LogP contribution is -2.15. The summed E-state index contributed by atoms with van der Waals surface area (Å²) in [7, 11) is -3.72. The summed E-state index contributed by atoms with van der Waals surface area (Å²) in [5, 5.41) is 10.1. The first-order valence-corrected chi connectivity index (χ1v) is 8.21. The summed E-state index contributed by atoms with van der Waals surface area (Å²) >= 11 is 0. The zero-order chi connectivity index (χ0) is 16.5. The number of nitro benzene ring substituents is 1. The molecule has 2 rings (SSSR count). The minimum atomic E-state index is -3.72. The lowest BCUT2D eigenvalue weighted by Gasteiger charge is -2.16. The summed E-state index contributed by atoms with van der Waals surface area (Å²) in [5.74, 6) is 0. The third-order valence-corrected chi connectivity index (χ3v) is 5.83. The Morgan fingerprint density at radius 2 is 1.86 bits per heavy atom. The number of nitrogens with zero attached hydrogens (tertiary/aromatic N) is 2. The van der Waals surface area contributed by atoms with Gasteiger partial charge in [0, 0.05) is 17.8 Å². The van der Waals surface area contributed by atoms with Gasteiger partial charge in [-0.15, -0.1) is 0 Å². The van der Waals surface area contributed by atoms with Crippen molar-refractivity contribution in [2.24, 2.45) is 0 Å². The second-order valence-electron chi connectivity index (χ2n) is 5.06. The molecule has 1 atom stereocenters. The van der Waals surface area contributed by atoms with Gasteiger partial charge in [0.25, 0.3) is 5.69 Å². The van der Waals surface area contributed by atoms with Crippen LogP contribution in [0.3, 0.4) is 0 Å². The van der Waals surface area contributed by atoms with E-state index in [2.05, 4.69) is 4.98 Å². The molecule has 0 aliphatic heterocycles. The molecule has 0 radical (unpaired) electrons. The lowest BCUT2D eigenvalue weighted by atomic mass is 10.0. The van der Waals surface area contributed by atoms with E-state index in [1.807, 2.05) is 0 Å². The quantitative estimate of drug-likeness (QED) is 0.637. The maximum absolute atomic E-state index is 12.8. The van der Waals surface area contributed by atoms with E-state index in [-0.39, 0.29) is 10.7 Å². The van der Waals surface area contributed by atoms with E-state index >= 15 is 0 Å². The molecule has 0 amide bonds. The van der Waals surface area contributed by atoms with Gasteiger partial charge in [-0.1, -0.05) is 18.2 Å². The molecule has 0 bridgehead atoms. The molecule has 0 aliphatic carbocycles. The molecule has 2 aromatic rings. The second kappa shape index (κ2) is 5.84. The molecule has 0 aliphatic rings. The highest BCUT2D eigenvalue weighted by Crippen LogP contribution is 2.33. The molecule has 0 spiro atoms. The van der Waals surface area contributed by atoms with Crippen LogP contribution in [-0.4, -0.2) is 18.3 Å². The molecule has 7 heteroatoms. The maximum atomic E-state index is 12.8. The van der Waals surface area contributed by atoms with Gasteiger partial charge < -0.3 is 0 Å². The molecule has 1 aromatic heterocycles. The van der Waals surface area contributed by atoms with Crippen LogP contribution >= 0.6 is 0 Å². The fourth-order valence-electron chi connectivity index (χ4n) is 2.38. The highest BCUT2D eigenvalue weighted by atomic mass is 32.2. The van der Waals surface area contributed by atoms with E-state index < -0.39 is 20.0 Å². The molecule has 6 nitrogen and oxygen atoms in total. The number of rotatable bonds is 4. The zero-order valence-corrected chi connectivity index (χ0v) is 13.3. The second-order valence-corrected chi connectivity index (χ2v) is 7.24. The zero-order valence-electron chi connectivity index (χ0n) is 12.5. The molecule has 0 saturated carbocycles. The molecule has 0 saturated heterocycles. The van der Waals surface area contributed by atoms with Crippen molar-refractivity contribution in [1.29, 1.82) is 0 Å². The Kier molecular flexibility index (Phi) is 4.27. The minimum absolute atomic E-state index is 0.00778. The van der Waals surface area contributed by atoms with Gasteiger partial charge in [0.2, 0.25) is 9.84 Å². The molecular formula is C15H16N2O4S. The Hall–Kier alpha value is -2.28. The third kappa shape index (κ3) is 2.71. The largest absolute Gasteiger partial charge is 0.272 e. The van der Waals surface area contributed by atoms with Crippen LogP contribution in [-0.2, 0) is 9.84 Å². The summed E-state index contributed by atoms with van der Waals surface area (Å²) in [5.41, 5.74) is 1.24. The van der Waals surface area contributed by atoms with Crippen LogP contribution < -0.4 is 0 Å². The van der Waals surface area contributed by atoms with Crippen molar-refractivity contribution in [3.05, 3.63) is 63.3 Å². The number of nitro groups is 1. The monoisotopic (exact) mass is 320 g/mol. The number of hydrogen-bond donors (Lipinski definition) is 0. The van der Waals surface area contributed by atoms with E-state index in [9.17, 15) is 18.5 Å². The smallest absolute Gasteiger partial charge is 0.258 e. The van der Waals surface area contributed by atoms with Crippen LogP contribution in [0.4, 0.5) is 5.69 Å². The first kappa shape index (κ1) is 16.1. The van der Waals surface area contributed by atoms with Crippen molar-refractivity contribution in [2.45, 2.75) is 31.0 Å². The molecule has 22 heavy (non-hydrogen) atoms. The average molecular weight is 320 g/mol. The number of hydrogen-bond acceptors (Lipinski definition) is 5. The van der Waals surface area contributed by atoms with E-state index in [4.69, 9.17) is 0 Å². The first-order chi connectivity index (χ1) is 10.3. The summed E-state index contributed by atoms with van der Waals surface area (Å²) in [6.07, 6.45) is 1.42. The predicted octanol–water partition coefficient (Wildman–Crippen LogP) is 3.14. The summed E-state index contributed by atoms with van der Waals surface area (Å²) in [6, 6.07) is 7.80. The number of aromatic nitrogens is 1. The number of pyridine rings is 1. The summed E-state index contributed by atoms with van der Waals surface area (Å²) in [4.78, 5) is 14.5. The number of sulfone groups is 1. The first-order valence-electron chi connectivity index (χ1n) is 6.66. The van der Waals surface area contributed by atoms with Gasteiger partial charge >= 0.3 is 0 Å². The molecule has 1 aromatic carbocycles. The average Bonchev–Trinajstić information content (AvgIpc) is 2.46. The van der Waals surface area contributed by atoms with E-state index in [0.717, 1.165) is 0 Å². The standard InChI is InChI=1S/C15H16N2O4S/c1-10-6-5-9-16-15(10)22(20,21)12(3)13-7-4-8-14(11(13)2)17(18)19/h4-9,12H,1-3H3. The van der Waals surface area contributed by atoms with Gasteiger partial charge in [0.05, 0.1) is 10.2 Å². The van der Waals surface area contributed by atoms with Crippen molar-refractivity contribution in [2.75, 3.05) is 0 Å². The molecule has 1 unspecified atom stereocenters. The van der Waals surface area contributed by atoms with Crippen molar-refractivity contribution >= 4 is 15.5 Å². The van der Waals surface area contributed by atoms with Crippen LogP contribution in [0.25, 0.3) is 0 Å². The Labute approximate surface area is 128 Å². The maximum Gasteiger partial charge on any atom is 0.272 e. The molecule has 1 heterocycles. The van der Waals surface area contributed by atoms with E-state index in [0.29, 0.717) is 16.7 Å². The fraction of sp³-hybridized carbons (Fsp3) is 0.267. The third-order valence-electron chi connectivity index (χ3n) is 3.68. The molecule has 116 valence electrons. The van der Waals surface area contributed by atoms with Crippen LogP contribution in [0, 0.1) is 24.0 Å².